The fourth-order valence-corrected chi connectivity index (χ4v) is 3.46. The molecule has 1 rings (SSSR count). The Morgan fingerprint density at radius 1 is 1.44 bits per heavy atom. The van der Waals surface area contributed by atoms with E-state index in [9.17, 15) is 8.42 Å². The Balaban J connectivity index is 3.11. The predicted octanol–water partition coefficient (Wildman–Crippen LogP) is 3.21. The Hall–Kier alpha value is -0.170. The van der Waals surface area contributed by atoms with E-state index < -0.39 is 10.0 Å². The maximum Gasteiger partial charge on any atom is 0.243 e. The van der Waals surface area contributed by atoms with Crippen molar-refractivity contribution >= 4 is 37.6 Å². The van der Waals surface area contributed by atoms with E-state index in [2.05, 4.69) is 25.6 Å². The molecule has 0 radical (unpaired) electrons. The van der Waals surface area contributed by atoms with Crippen molar-refractivity contribution < 1.29 is 8.42 Å². The van der Waals surface area contributed by atoms with Gasteiger partial charge >= 0.3 is 0 Å². The van der Waals surface area contributed by atoms with Crippen molar-refractivity contribution in [2.45, 2.75) is 38.6 Å². The van der Waals surface area contributed by atoms with Crippen LogP contribution in [0.5, 0.6) is 0 Å². The zero-order valence-electron chi connectivity index (χ0n) is 10.7. The molecule has 1 heterocycles. The summed E-state index contributed by atoms with van der Waals surface area (Å²) in [5, 5.41) is -0.0354. The van der Waals surface area contributed by atoms with Crippen LogP contribution in [-0.4, -0.2) is 19.4 Å². The predicted molar refractivity (Wildman–Crippen MR) is 76.2 cm³/mol. The average molecular weight is 356 g/mol. The molecule has 102 valence electrons. The first-order valence-electron chi connectivity index (χ1n) is 5.37. The monoisotopic (exact) mass is 354 g/mol. The summed E-state index contributed by atoms with van der Waals surface area (Å²) in [4.78, 5) is 3.79. The lowest BCUT2D eigenvalue weighted by molar-refractivity contribution is 0.317. The molecule has 1 aromatic rings. The van der Waals surface area contributed by atoms with Crippen molar-refractivity contribution in [2.75, 3.05) is 0 Å². The van der Waals surface area contributed by atoms with Gasteiger partial charge in [-0.25, -0.2) is 18.1 Å². The number of hydrogen-bond acceptors (Lipinski definition) is 3. The third-order valence-corrected chi connectivity index (χ3v) is 5.10. The van der Waals surface area contributed by atoms with Gasteiger partial charge in [0.15, 0.2) is 0 Å². The Morgan fingerprint density at radius 2 is 2.00 bits per heavy atom. The highest BCUT2D eigenvalue weighted by molar-refractivity contribution is 9.10. The molecule has 4 nitrogen and oxygen atoms in total. The van der Waals surface area contributed by atoms with Crippen LogP contribution in [0.2, 0.25) is 5.15 Å². The van der Waals surface area contributed by atoms with Gasteiger partial charge in [0.25, 0.3) is 0 Å². The Kier molecular flexibility index (Phi) is 4.81. The molecule has 0 spiro atoms. The summed E-state index contributed by atoms with van der Waals surface area (Å²) in [5.74, 6) is 0. The molecule has 0 bridgehead atoms. The van der Waals surface area contributed by atoms with Gasteiger partial charge in [0.05, 0.1) is 0 Å². The van der Waals surface area contributed by atoms with Crippen LogP contribution in [-0.2, 0) is 10.0 Å². The van der Waals surface area contributed by atoms with Gasteiger partial charge in [-0.05, 0) is 34.3 Å². The first-order valence-corrected chi connectivity index (χ1v) is 8.03. The molecular formula is C11H16BrClN2O2S. The van der Waals surface area contributed by atoms with Crippen LogP contribution >= 0.6 is 27.5 Å². The van der Waals surface area contributed by atoms with Crippen LogP contribution in [0, 0.1) is 5.41 Å². The van der Waals surface area contributed by atoms with E-state index in [4.69, 9.17) is 11.6 Å². The summed E-state index contributed by atoms with van der Waals surface area (Å²) < 4.78 is 27.6. The number of nitrogens with one attached hydrogen (secondary N) is 1. The number of halogens is 2. The fraction of sp³-hybridized carbons (Fsp3) is 0.545. The van der Waals surface area contributed by atoms with Gasteiger partial charge in [0.1, 0.15) is 10.0 Å². The SMILES string of the molecule is CC(NS(=O)(=O)c1cc(Br)cnc1Cl)C(C)(C)C. The van der Waals surface area contributed by atoms with Gasteiger partial charge in [-0.1, -0.05) is 32.4 Å². The molecule has 0 aliphatic heterocycles. The molecular weight excluding hydrogens is 340 g/mol. The second-order valence-electron chi connectivity index (χ2n) is 5.15. The van der Waals surface area contributed by atoms with Gasteiger partial charge in [-0.2, -0.15) is 0 Å². The Morgan fingerprint density at radius 3 is 2.50 bits per heavy atom. The van der Waals surface area contributed by atoms with E-state index in [-0.39, 0.29) is 21.5 Å². The van der Waals surface area contributed by atoms with Crippen LogP contribution in [0.3, 0.4) is 0 Å². The number of rotatable bonds is 3. The summed E-state index contributed by atoms with van der Waals surface area (Å²) in [7, 11) is -3.67. The summed E-state index contributed by atoms with van der Waals surface area (Å²) in [5.41, 5.74) is -0.182. The second-order valence-corrected chi connectivity index (χ2v) is 8.11. The normalized spacial score (nSPS) is 14.6. The number of sulfonamides is 1. The van der Waals surface area contributed by atoms with Crippen LogP contribution in [0.1, 0.15) is 27.7 Å². The molecule has 1 atom stereocenters. The number of aromatic nitrogens is 1. The number of nitrogens with zero attached hydrogens (tertiary/aromatic N) is 1. The van der Waals surface area contributed by atoms with E-state index in [1.54, 1.807) is 0 Å². The molecule has 0 fully saturated rings. The number of pyridine rings is 1. The van der Waals surface area contributed by atoms with Gasteiger partial charge in [-0.3, -0.25) is 0 Å². The van der Waals surface area contributed by atoms with E-state index in [0.717, 1.165) is 0 Å². The highest BCUT2D eigenvalue weighted by Crippen LogP contribution is 2.25. The van der Waals surface area contributed by atoms with Crippen LogP contribution in [0.4, 0.5) is 0 Å². The maximum atomic E-state index is 12.2. The first kappa shape index (κ1) is 15.9. The topological polar surface area (TPSA) is 59.1 Å². The zero-order chi connectivity index (χ0) is 14.1. The maximum absolute atomic E-state index is 12.2. The third kappa shape index (κ3) is 3.91. The Labute approximate surface area is 121 Å². The lowest BCUT2D eigenvalue weighted by Crippen LogP contribution is -2.41. The van der Waals surface area contributed by atoms with Crippen LogP contribution < -0.4 is 4.72 Å². The molecule has 0 aliphatic rings. The van der Waals surface area contributed by atoms with Gasteiger partial charge < -0.3 is 0 Å². The highest BCUT2D eigenvalue weighted by Gasteiger charge is 2.27. The van der Waals surface area contributed by atoms with Crippen molar-refractivity contribution in [1.29, 1.82) is 0 Å². The molecule has 18 heavy (non-hydrogen) atoms. The fourth-order valence-electron chi connectivity index (χ4n) is 1.07. The van der Waals surface area contributed by atoms with E-state index >= 15 is 0 Å². The summed E-state index contributed by atoms with van der Waals surface area (Å²) >= 11 is 9.01. The zero-order valence-corrected chi connectivity index (χ0v) is 13.8. The average Bonchev–Trinajstić information content (AvgIpc) is 2.19. The minimum Gasteiger partial charge on any atom is -0.242 e. The smallest absolute Gasteiger partial charge is 0.242 e. The molecule has 1 unspecified atom stereocenters. The van der Waals surface area contributed by atoms with Gasteiger partial charge in [-0.15, -0.1) is 0 Å². The molecule has 0 amide bonds. The Bertz CT molecular complexity index is 540. The molecule has 0 aliphatic carbocycles. The minimum atomic E-state index is -3.67. The third-order valence-electron chi connectivity index (χ3n) is 2.69. The summed E-state index contributed by atoms with van der Waals surface area (Å²) in [6, 6.07) is 1.21. The lowest BCUT2D eigenvalue weighted by Gasteiger charge is -2.27. The van der Waals surface area contributed by atoms with Gasteiger partial charge in [0.2, 0.25) is 10.0 Å². The van der Waals surface area contributed by atoms with Crippen molar-refractivity contribution in [2.24, 2.45) is 5.41 Å². The van der Waals surface area contributed by atoms with Crippen molar-refractivity contribution in [3.8, 4) is 0 Å². The van der Waals surface area contributed by atoms with Crippen LogP contribution in [0.15, 0.2) is 21.6 Å². The number of hydrogen-bond donors (Lipinski definition) is 1. The second kappa shape index (κ2) is 5.45. The molecule has 7 heteroatoms. The summed E-state index contributed by atoms with van der Waals surface area (Å²) in [6.07, 6.45) is 1.45. The van der Waals surface area contributed by atoms with Crippen LogP contribution in [0.25, 0.3) is 0 Å². The first-order chi connectivity index (χ1) is 8.04. The largest absolute Gasteiger partial charge is 0.243 e. The molecule has 0 saturated heterocycles. The molecule has 1 N–H and O–H groups in total. The standard InChI is InChI=1S/C11H16BrClN2O2S/c1-7(11(2,3)4)15-18(16,17)9-5-8(12)6-14-10(9)13/h5-7,15H,1-4H3. The van der Waals surface area contributed by atoms with Crippen molar-refractivity contribution in [1.82, 2.24) is 9.71 Å². The van der Waals surface area contributed by atoms with Crippen molar-refractivity contribution in [3.05, 3.63) is 21.9 Å². The molecule has 0 saturated carbocycles. The van der Waals surface area contributed by atoms with E-state index in [0.29, 0.717) is 4.47 Å². The van der Waals surface area contributed by atoms with Crippen molar-refractivity contribution in [3.63, 3.8) is 0 Å². The molecule has 1 aromatic heterocycles. The van der Waals surface area contributed by atoms with Gasteiger partial charge in [0, 0.05) is 16.7 Å². The van der Waals surface area contributed by atoms with E-state index in [1.807, 2.05) is 27.7 Å². The minimum absolute atomic E-state index is 0.0189. The van der Waals surface area contributed by atoms with E-state index in [1.165, 1.54) is 12.3 Å². The highest BCUT2D eigenvalue weighted by atomic mass is 79.9. The lowest BCUT2D eigenvalue weighted by atomic mass is 9.89. The quantitative estimate of drug-likeness (QED) is 0.847. The summed E-state index contributed by atoms with van der Waals surface area (Å²) in [6.45, 7) is 7.69. The molecule has 0 aromatic carbocycles.